The summed E-state index contributed by atoms with van der Waals surface area (Å²) < 4.78 is 0. The SMILES string of the molecule is CCN=C=C1CCc2ccccc21. The molecule has 1 aromatic carbocycles. The molecule has 0 amide bonds. The summed E-state index contributed by atoms with van der Waals surface area (Å²) in [6.45, 7) is 2.86. The maximum Gasteiger partial charge on any atom is 0.0455 e. The third-order valence-corrected chi connectivity index (χ3v) is 2.36. The van der Waals surface area contributed by atoms with Gasteiger partial charge < -0.3 is 0 Å². The molecule has 66 valence electrons. The molecule has 1 aliphatic rings. The van der Waals surface area contributed by atoms with Crippen LogP contribution in [-0.4, -0.2) is 12.4 Å². The maximum absolute atomic E-state index is 4.17. The minimum absolute atomic E-state index is 0.825. The molecule has 0 fully saturated rings. The standard InChI is InChI=1S/C12H13N/c1-2-13-9-11-8-7-10-5-3-4-6-12(10)11/h3-6H,2,7-8H2,1H3. The van der Waals surface area contributed by atoms with E-state index in [-0.39, 0.29) is 0 Å². The summed E-state index contributed by atoms with van der Waals surface area (Å²) >= 11 is 0. The fourth-order valence-corrected chi connectivity index (χ4v) is 1.72. The Hall–Kier alpha value is -1.33. The van der Waals surface area contributed by atoms with E-state index in [1.165, 1.54) is 16.7 Å². The van der Waals surface area contributed by atoms with E-state index < -0.39 is 0 Å². The Morgan fingerprint density at radius 1 is 1.31 bits per heavy atom. The van der Waals surface area contributed by atoms with Crippen LogP contribution in [0.2, 0.25) is 0 Å². The van der Waals surface area contributed by atoms with Crippen molar-refractivity contribution in [2.75, 3.05) is 6.54 Å². The maximum atomic E-state index is 4.17. The molecule has 0 aromatic heterocycles. The van der Waals surface area contributed by atoms with E-state index in [9.17, 15) is 0 Å². The van der Waals surface area contributed by atoms with Gasteiger partial charge in [-0.05, 0) is 36.8 Å². The largest absolute Gasteiger partial charge is 0.243 e. The fraction of sp³-hybridized carbons (Fsp3) is 0.333. The Morgan fingerprint density at radius 3 is 3.00 bits per heavy atom. The first-order chi connectivity index (χ1) is 6.42. The van der Waals surface area contributed by atoms with Gasteiger partial charge in [0.25, 0.3) is 0 Å². The molecule has 1 aromatic rings. The minimum atomic E-state index is 0.825. The Balaban J connectivity index is 2.44. The van der Waals surface area contributed by atoms with Crippen LogP contribution in [0, 0.1) is 0 Å². The van der Waals surface area contributed by atoms with Gasteiger partial charge in [-0.15, -0.1) is 0 Å². The van der Waals surface area contributed by atoms with Crippen molar-refractivity contribution in [3.8, 4) is 0 Å². The van der Waals surface area contributed by atoms with Gasteiger partial charge in [-0.1, -0.05) is 24.3 Å². The third-order valence-electron chi connectivity index (χ3n) is 2.36. The first-order valence-electron chi connectivity index (χ1n) is 4.78. The number of hydrogen-bond acceptors (Lipinski definition) is 1. The normalized spacial score (nSPS) is 13.8. The summed E-state index contributed by atoms with van der Waals surface area (Å²) in [7, 11) is 0. The molecule has 0 spiro atoms. The molecule has 13 heavy (non-hydrogen) atoms. The van der Waals surface area contributed by atoms with Crippen molar-refractivity contribution >= 4 is 11.4 Å². The highest BCUT2D eigenvalue weighted by Crippen LogP contribution is 2.29. The number of aliphatic imine (C=N–C) groups is 1. The van der Waals surface area contributed by atoms with Crippen LogP contribution in [0.4, 0.5) is 0 Å². The highest BCUT2D eigenvalue weighted by molar-refractivity contribution is 5.92. The molecule has 0 atom stereocenters. The first kappa shape index (κ1) is 8.28. The van der Waals surface area contributed by atoms with Crippen LogP contribution >= 0.6 is 0 Å². The van der Waals surface area contributed by atoms with Gasteiger partial charge in [0.1, 0.15) is 0 Å². The van der Waals surface area contributed by atoms with Gasteiger partial charge in [-0.25, -0.2) is 4.99 Å². The first-order valence-corrected chi connectivity index (χ1v) is 4.78. The Kier molecular flexibility index (Phi) is 2.29. The zero-order valence-electron chi connectivity index (χ0n) is 7.88. The van der Waals surface area contributed by atoms with Crippen molar-refractivity contribution < 1.29 is 0 Å². The second-order valence-corrected chi connectivity index (χ2v) is 3.22. The molecule has 0 heterocycles. The average Bonchev–Trinajstić information content (AvgIpc) is 2.58. The lowest BCUT2D eigenvalue weighted by molar-refractivity contribution is 1.08. The highest BCUT2D eigenvalue weighted by Gasteiger charge is 2.14. The molecule has 0 saturated heterocycles. The van der Waals surface area contributed by atoms with Gasteiger partial charge in [-0.2, -0.15) is 0 Å². The summed E-state index contributed by atoms with van der Waals surface area (Å²) in [4.78, 5) is 4.17. The van der Waals surface area contributed by atoms with E-state index in [2.05, 4.69) is 35.1 Å². The Bertz CT molecular complexity index is 370. The molecule has 0 aliphatic heterocycles. The van der Waals surface area contributed by atoms with Crippen LogP contribution in [0.5, 0.6) is 0 Å². The van der Waals surface area contributed by atoms with E-state index in [1.807, 2.05) is 6.92 Å². The monoisotopic (exact) mass is 171 g/mol. The van der Waals surface area contributed by atoms with Gasteiger partial charge in [0.15, 0.2) is 0 Å². The molecule has 1 nitrogen and oxygen atoms in total. The zero-order valence-corrected chi connectivity index (χ0v) is 7.88. The van der Waals surface area contributed by atoms with Gasteiger partial charge in [0.05, 0.1) is 0 Å². The molecule has 0 unspecified atom stereocenters. The number of fused-ring (bicyclic) bond motifs is 1. The molecule has 0 N–H and O–H groups in total. The third kappa shape index (κ3) is 1.56. The van der Waals surface area contributed by atoms with Crippen LogP contribution in [0.25, 0.3) is 5.57 Å². The van der Waals surface area contributed by atoms with E-state index in [1.54, 1.807) is 0 Å². The van der Waals surface area contributed by atoms with E-state index in [0.29, 0.717) is 0 Å². The number of aryl methyl sites for hydroxylation is 1. The van der Waals surface area contributed by atoms with E-state index in [0.717, 1.165) is 19.4 Å². The van der Waals surface area contributed by atoms with Gasteiger partial charge in [0.2, 0.25) is 0 Å². The minimum Gasteiger partial charge on any atom is -0.243 e. The van der Waals surface area contributed by atoms with Crippen LogP contribution in [-0.2, 0) is 6.42 Å². The van der Waals surface area contributed by atoms with E-state index >= 15 is 0 Å². The summed E-state index contributed by atoms with van der Waals surface area (Å²) in [5.41, 5.74) is 4.06. The average molecular weight is 171 g/mol. The molecule has 0 bridgehead atoms. The van der Waals surface area contributed by atoms with Crippen molar-refractivity contribution in [1.82, 2.24) is 0 Å². The number of allylic oxidation sites excluding steroid dienone is 1. The lowest BCUT2D eigenvalue weighted by Crippen LogP contribution is -1.79. The second kappa shape index (κ2) is 3.59. The van der Waals surface area contributed by atoms with Crippen molar-refractivity contribution in [3.05, 3.63) is 35.4 Å². The molecule has 1 aliphatic carbocycles. The molecular formula is C12H13N. The highest BCUT2D eigenvalue weighted by atomic mass is 14.7. The number of nitrogens with zero attached hydrogens (tertiary/aromatic N) is 1. The topological polar surface area (TPSA) is 12.4 Å². The van der Waals surface area contributed by atoms with Crippen molar-refractivity contribution in [2.24, 2.45) is 4.99 Å². The number of rotatable bonds is 1. The summed E-state index contributed by atoms with van der Waals surface area (Å²) in [6.07, 6.45) is 2.25. The van der Waals surface area contributed by atoms with Gasteiger partial charge in [-0.3, -0.25) is 0 Å². The second-order valence-electron chi connectivity index (χ2n) is 3.22. The Morgan fingerprint density at radius 2 is 2.15 bits per heavy atom. The van der Waals surface area contributed by atoms with Crippen molar-refractivity contribution in [3.63, 3.8) is 0 Å². The predicted molar refractivity (Wildman–Crippen MR) is 56.1 cm³/mol. The molecule has 0 saturated carbocycles. The van der Waals surface area contributed by atoms with Gasteiger partial charge >= 0.3 is 0 Å². The van der Waals surface area contributed by atoms with Crippen LogP contribution in [0.15, 0.2) is 29.3 Å². The van der Waals surface area contributed by atoms with Gasteiger partial charge in [0, 0.05) is 12.1 Å². The summed E-state index contributed by atoms with van der Waals surface area (Å²) in [5.74, 6) is 3.13. The smallest absolute Gasteiger partial charge is 0.0455 e. The summed E-state index contributed by atoms with van der Waals surface area (Å²) in [5, 5.41) is 0. The Labute approximate surface area is 78.8 Å². The van der Waals surface area contributed by atoms with Crippen molar-refractivity contribution in [2.45, 2.75) is 19.8 Å². The number of hydrogen-bond donors (Lipinski definition) is 0. The summed E-state index contributed by atoms with van der Waals surface area (Å²) in [6, 6.07) is 8.53. The lowest BCUT2D eigenvalue weighted by Gasteiger charge is -1.95. The molecule has 0 radical (unpaired) electrons. The van der Waals surface area contributed by atoms with Crippen LogP contribution < -0.4 is 0 Å². The van der Waals surface area contributed by atoms with E-state index in [4.69, 9.17) is 0 Å². The molecular weight excluding hydrogens is 158 g/mol. The zero-order chi connectivity index (χ0) is 9.10. The van der Waals surface area contributed by atoms with Crippen molar-refractivity contribution in [1.29, 1.82) is 0 Å². The van der Waals surface area contributed by atoms with Crippen LogP contribution in [0.1, 0.15) is 24.5 Å². The molecule has 2 rings (SSSR count). The fourth-order valence-electron chi connectivity index (χ4n) is 1.72. The number of benzene rings is 1. The lowest BCUT2D eigenvalue weighted by atomic mass is 10.1. The van der Waals surface area contributed by atoms with Crippen LogP contribution in [0.3, 0.4) is 0 Å². The molecule has 1 heteroatoms. The predicted octanol–water partition coefficient (Wildman–Crippen LogP) is 2.71. The quantitative estimate of drug-likeness (QED) is 0.576.